The van der Waals surface area contributed by atoms with Crippen LogP contribution in [0.2, 0.25) is 0 Å². The van der Waals surface area contributed by atoms with Crippen molar-refractivity contribution in [2.24, 2.45) is 0 Å². The first-order chi connectivity index (χ1) is 8.93. The molecule has 0 fully saturated rings. The summed E-state index contributed by atoms with van der Waals surface area (Å²) in [6.07, 6.45) is 7.92. The zero-order valence-corrected chi connectivity index (χ0v) is 9.71. The predicted octanol–water partition coefficient (Wildman–Crippen LogP) is 3.99. The zero-order valence-electron chi connectivity index (χ0n) is 9.71. The van der Waals surface area contributed by atoms with Crippen molar-refractivity contribution in [3.05, 3.63) is 71.6 Å². The fraction of sp³-hybridized carbons (Fsp3) is 0.0625. The van der Waals surface area contributed by atoms with Crippen LogP contribution in [0.15, 0.2) is 59.5 Å². The lowest BCUT2D eigenvalue weighted by atomic mass is 9.83. The van der Waals surface area contributed by atoms with Gasteiger partial charge in [0.1, 0.15) is 6.26 Å². The third kappa shape index (κ3) is 1.26. The molecule has 1 aliphatic rings. The Kier molecular flexibility index (Phi) is 1.92. The average Bonchev–Trinajstić information content (AvgIpc) is 2.94. The van der Waals surface area contributed by atoms with Gasteiger partial charge in [0, 0.05) is 11.5 Å². The van der Waals surface area contributed by atoms with Crippen LogP contribution in [0.3, 0.4) is 0 Å². The van der Waals surface area contributed by atoms with E-state index in [1.54, 1.807) is 12.5 Å². The highest BCUT2D eigenvalue weighted by atomic mass is 16.5. The molecule has 0 aliphatic heterocycles. The minimum Gasteiger partial charge on any atom is -0.364 e. The van der Waals surface area contributed by atoms with Crippen LogP contribution in [0.4, 0.5) is 0 Å². The number of nitrogens with zero attached hydrogens (tertiary/aromatic N) is 1. The molecule has 0 amide bonds. The summed E-state index contributed by atoms with van der Waals surface area (Å²) in [6, 6.07) is 12.9. The molecule has 0 radical (unpaired) electrons. The quantitative estimate of drug-likeness (QED) is 0.635. The highest BCUT2D eigenvalue weighted by Crippen LogP contribution is 2.37. The summed E-state index contributed by atoms with van der Waals surface area (Å²) in [7, 11) is 0. The van der Waals surface area contributed by atoms with Crippen LogP contribution in [0.1, 0.15) is 22.6 Å². The van der Waals surface area contributed by atoms with Gasteiger partial charge in [0.2, 0.25) is 0 Å². The summed E-state index contributed by atoms with van der Waals surface area (Å²) in [5, 5.41) is 6.44. The molecule has 86 valence electrons. The maximum absolute atomic E-state index is 4.97. The maximum Gasteiger partial charge on any atom is 0.127 e. The van der Waals surface area contributed by atoms with Gasteiger partial charge in [-0.3, -0.25) is 0 Å². The maximum atomic E-state index is 4.97. The number of rotatable bonds is 1. The first-order valence-corrected chi connectivity index (χ1v) is 6.02. The van der Waals surface area contributed by atoms with Gasteiger partial charge in [0.25, 0.3) is 0 Å². The van der Waals surface area contributed by atoms with Crippen molar-refractivity contribution >= 4 is 16.8 Å². The number of hydrogen-bond donors (Lipinski definition) is 0. The third-order valence-corrected chi connectivity index (χ3v) is 3.58. The van der Waals surface area contributed by atoms with Gasteiger partial charge in [-0.2, -0.15) is 0 Å². The van der Waals surface area contributed by atoms with E-state index in [0.29, 0.717) is 0 Å². The second-order valence-electron chi connectivity index (χ2n) is 4.59. The zero-order chi connectivity index (χ0) is 11.9. The Morgan fingerprint density at radius 1 is 1.06 bits per heavy atom. The molecule has 1 unspecified atom stereocenters. The topological polar surface area (TPSA) is 26.0 Å². The number of benzene rings is 2. The SMILES string of the molecule is C1=CC(c2cnoc2)c2cccc3cccc1c23. The van der Waals surface area contributed by atoms with E-state index in [4.69, 9.17) is 4.52 Å². The van der Waals surface area contributed by atoms with Gasteiger partial charge < -0.3 is 4.52 Å². The predicted molar refractivity (Wildman–Crippen MR) is 71.3 cm³/mol. The molecule has 4 rings (SSSR count). The molecule has 0 spiro atoms. The monoisotopic (exact) mass is 233 g/mol. The van der Waals surface area contributed by atoms with Gasteiger partial charge in [0.15, 0.2) is 0 Å². The Labute approximate surface area is 105 Å². The molecule has 1 atom stereocenters. The largest absolute Gasteiger partial charge is 0.364 e. The minimum atomic E-state index is 0.245. The van der Waals surface area contributed by atoms with Gasteiger partial charge >= 0.3 is 0 Å². The van der Waals surface area contributed by atoms with Gasteiger partial charge in [0.05, 0.1) is 6.20 Å². The van der Waals surface area contributed by atoms with Gasteiger partial charge in [-0.05, 0) is 21.9 Å². The number of allylic oxidation sites excluding steroid dienone is 1. The summed E-state index contributed by atoms with van der Waals surface area (Å²) < 4.78 is 4.97. The second-order valence-corrected chi connectivity index (χ2v) is 4.59. The van der Waals surface area contributed by atoms with E-state index >= 15 is 0 Å². The Hall–Kier alpha value is -2.35. The molecule has 2 aromatic carbocycles. The molecule has 1 aliphatic carbocycles. The van der Waals surface area contributed by atoms with Gasteiger partial charge in [-0.1, -0.05) is 53.7 Å². The van der Waals surface area contributed by atoms with Crippen molar-refractivity contribution in [2.75, 3.05) is 0 Å². The molecule has 0 N–H and O–H groups in total. The smallest absolute Gasteiger partial charge is 0.127 e. The summed E-state index contributed by atoms with van der Waals surface area (Å²) in [5.41, 5.74) is 3.72. The van der Waals surface area contributed by atoms with E-state index < -0.39 is 0 Å². The average molecular weight is 233 g/mol. The first-order valence-electron chi connectivity index (χ1n) is 6.02. The molecule has 1 heterocycles. The second kappa shape index (κ2) is 3.57. The highest BCUT2D eigenvalue weighted by molar-refractivity contribution is 5.96. The summed E-state index contributed by atoms with van der Waals surface area (Å²) >= 11 is 0. The van der Waals surface area contributed by atoms with E-state index in [1.807, 2.05) is 0 Å². The first kappa shape index (κ1) is 9.66. The molecular formula is C16H11NO. The molecule has 0 bridgehead atoms. The summed E-state index contributed by atoms with van der Waals surface area (Å²) in [6.45, 7) is 0. The van der Waals surface area contributed by atoms with E-state index in [0.717, 1.165) is 5.56 Å². The lowest BCUT2D eigenvalue weighted by Gasteiger charge is -2.19. The summed E-state index contributed by atoms with van der Waals surface area (Å²) in [5.74, 6) is 0.245. The number of aromatic nitrogens is 1. The highest BCUT2D eigenvalue weighted by Gasteiger charge is 2.19. The molecule has 18 heavy (non-hydrogen) atoms. The van der Waals surface area contributed by atoms with Crippen LogP contribution >= 0.6 is 0 Å². The Balaban J connectivity index is 2.04. The molecule has 1 aromatic heterocycles. The molecular weight excluding hydrogens is 222 g/mol. The fourth-order valence-electron chi connectivity index (χ4n) is 2.76. The number of hydrogen-bond acceptors (Lipinski definition) is 2. The van der Waals surface area contributed by atoms with Crippen molar-refractivity contribution in [2.45, 2.75) is 5.92 Å². The van der Waals surface area contributed by atoms with Crippen LogP contribution in [-0.4, -0.2) is 5.16 Å². The molecule has 2 heteroatoms. The fourth-order valence-corrected chi connectivity index (χ4v) is 2.76. The Bertz CT molecular complexity index is 736. The molecule has 0 saturated heterocycles. The Morgan fingerprint density at radius 3 is 2.78 bits per heavy atom. The Morgan fingerprint density at radius 2 is 1.94 bits per heavy atom. The van der Waals surface area contributed by atoms with Crippen LogP contribution in [0, 0.1) is 0 Å². The van der Waals surface area contributed by atoms with Gasteiger partial charge in [-0.25, -0.2) is 0 Å². The van der Waals surface area contributed by atoms with Crippen molar-refractivity contribution in [3.8, 4) is 0 Å². The van der Waals surface area contributed by atoms with Crippen LogP contribution in [0.5, 0.6) is 0 Å². The normalized spacial score (nSPS) is 17.2. The van der Waals surface area contributed by atoms with E-state index in [2.05, 4.69) is 53.7 Å². The van der Waals surface area contributed by atoms with Crippen molar-refractivity contribution in [1.82, 2.24) is 5.16 Å². The lowest BCUT2D eigenvalue weighted by Crippen LogP contribution is -2.02. The standard InChI is InChI=1S/C16H11NO/c1-3-11-5-2-6-15-14(13-9-17-18-10-13)8-7-12(4-1)16(11)15/h1-10,14H. The summed E-state index contributed by atoms with van der Waals surface area (Å²) in [4.78, 5) is 0. The third-order valence-electron chi connectivity index (χ3n) is 3.58. The minimum absolute atomic E-state index is 0.245. The molecule has 3 aromatic rings. The molecule has 0 saturated carbocycles. The van der Waals surface area contributed by atoms with Crippen molar-refractivity contribution < 1.29 is 4.52 Å². The van der Waals surface area contributed by atoms with Crippen LogP contribution in [-0.2, 0) is 0 Å². The van der Waals surface area contributed by atoms with Gasteiger partial charge in [-0.15, -0.1) is 0 Å². The van der Waals surface area contributed by atoms with Crippen LogP contribution < -0.4 is 0 Å². The van der Waals surface area contributed by atoms with E-state index in [-0.39, 0.29) is 5.92 Å². The van der Waals surface area contributed by atoms with Crippen LogP contribution in [0.25, 0.3) is 16.8 Å². The van der Waals surface area contributed by atoms with E-state index in [1.165, 1.54) is 21.9 Å². The van der Waals surface area contributed by atoms with Crippen molar-refractivity contribution in [3.63, 3.8) is 0 Å². The van der Waals surface area contributed by atoms with E-state index in [9.17, 15) is 0 Å². The lowest BCUT2D eigenvalue weighted by molar-refractivity contribution is 0.419. The van der Waals surface area contributed by atoms with Crippen molar-refractivity contribution in [1.29, 1.82) is 0 Å². The molecule has 2 nitrogen and oxygen atoms in total.